The van der Waals surface area contributed by atoms with Crippen LogP contribution >= 0.6 is 7.82 Å². The fourth-order valence-electron chi connectivity index (χ4n) is 5.54. The minimum Gasteiger partial charge on any atom is -0.462 e. The highest BCUT2D eigenvalue weighted by atomic mass is 31.2. The van der Waals surface area contributed by atoms with Gasteiger partial charge in [0.2, 0.25) is 0 Å². The second-order valence-electron chi connectivity index (χ2n) is 13.3. The Morgan fingerprint density at radius 2 is 0.980 bits per heavy atom. The van der Waals surface area contributed by atoms with Crippen molar-refractivity contribution in [1.29, 1.82) is 0 Å². The quantitative estimate of drug-likeness (QED) is 0.0293. The second-order valence-corrected chi connectivity index (χ2v) is 14.8. The lowest BCUT2D eigenvalue weighted by molar-refractivity contribution is -0.161. The molecule has 9 heteroatoms. The van der Waals surface area contributed by atoms with Crippen LogP contribution in [0.1, 0.15) is 194 Å². The summed E-state index contributed by atoms with van der Waals surface area (Å²) in [5.41, 5.74) is 0. The molecular weight excluding hydrogens is 639 g/mol. The summed E-state index contributed by atoms with van der Waals surface area (Å²) in [6.07, 6.45) is 38.0. The van der Waals surface area contributed by atoms with Crippen molar-refractivity contribution < 1.29 is 37.6 Å². The van der Waals surface area contributed by atoms with Crippen LogP contribution in [0.3, 0.4) is 0 Å². The first-order valence-corrected chi connectivity index (χ1v) is 21.6. The number of rotatable bonds is 37. The zero-order chi connectivity index (χ0) is 36.1. The van der Waals surface area contributed by atoms with Crippen molar-refractivity contribution in [2.75, 3.05) is 19.8 Å². The van der Waals surface area contributed by atoms with Gasteiger partial charge < -0.3 is 14.4 Å². The maximum Gasteiger partial charge on any atom is 0.472 e. The average Bonchev–Trinajstić information content (AvgIpc) is 3.07. The standard InChI is InChI=1S/C40H75O8P/c1-4-7-9-11-13-15-17-18-19-20-21-22-23-24-25-27-29-31-33-35-40(42)48-38(37-47-49(43,44)46-6-3)36-45-39(41)34-32-30-28-26-16-14-12-10-8-5-2/h13,15,18-19,38H,4-12,14,16-17,20-37H2,1-3H3,(H,43,44)/b15-13-,19-18-. The fraction of sp³-hybridized carbons (Fsp3) is 0.850. The molecule has 1 N–H and O–H groups in total. The molecule has 2 unspecified atom stereocenters. The number of hydrogen-bond donors (Lipinski definition) is 1. The molecule has 0 spiro atoms. The molecule has 0 bridgehead atoms. The Kier molecular flexibility index (Phi) is 35.2. The maximum atomic E-state index is 12.5. The molecule has 0 saturated carbocycles. The topological polar surface area (TPSA) is 108 Å². The first-order valence-electron chi connectivity index (χ1n) is 20.1. The van der Waals surface area contributed by atoms with Gasteiger partial charge in [-0.15, -0.1) is 0 Å². The molecule has 0 radical (unpaired) electrons. The lowest BCUT2D eigenvalue weighted by Crippen LogP contribution is -2.29. The Labute approximate surface area is 301 Å². The lowest BCUT2D eigenvalue weighted by atomic mass is 10.1. The largest absolute Gasteiger partial charge is 0.472 e. The fourth-order valence-corrected chi connectivity index (χ4v) is 6.30. The van der Waals surface area contributed by atoms with Gasteiger partial charge in [-0.3, -0.25) is 18.6 Å². The van der Waals surface area contributed by atoms with Crippen LogP contribution in [0, 0.1) is 0 Å². The average molecular weight is 715 g/mol. The van der Waals surface area contributed by atoms with Crippen molar-refractivity contribution in [2.24, 2.45) is 0 Å². The third kappa shape index (κ3) is 36.1. The minimum atomic E-state index is -4.27. The molecule has 0 aliphatic heterocycles. The monoisotopic (exact) mass is 715 g/mol. The van der Waals surface area contributed by atoms with E-state index in [-0.39, 0.29) is 25.6 Å². The van der Waals surface area contributed by atoms with Gasteiger partial charge in [0.05, 0.1) is 13.2 Å². The van der Waals surface area contributed by atoms with Crippen molar-refractivity contribution in [1.82, 2.24) is 0 Å². The third-order valence-electron chi connectivity index (χ3n) is 8.51. The highest BCUT2D eigenvalue weighted by Gasteiger charge is 2.25. The molecule has 288 valence electrons. The number of carbonyl (C=O) groups excluding carboxylic acids is 2. The highest BCUT2D eigenvalue weighted by molar-refractivity contribution is 7.47. The summed E-state index contributed by atoms with van der Waals surface area (Å²) in [5, 5.41) is 0. The van der Waals surface area contributed by atoms with Gasteiger partial charge in [-0.05, 0) is 51.9 Å². The van der Waals surface area contributed by atoms with Gasteiger partial charge in [-0.1, -0.05) is 154 Å². The van der Waals surface area contributed by atoms with Crippen molar-refractivity contribution in [3.63, 3.8) is 0 Å². The van der Waals surface area contributed by atoms with Crippen molar-refractivity contribution >= 4 is 19.8 Å². The molecular formula is C40H75O8P. The van der Waals surface area contributed by atoms with Gasteiger partial charge in [-0.2, -0.15) is 0 Å². The van der Waals surface area contributed by atoms with Crippen LogP contribution in [-0.4, -0.2) is 42.8 Å². The molecule has 0 saturated heterocycles. The molecule has 0 fully saturated rings. The summed E-state index contributed by atoms with van der Waals surface area (Å²) in [5.74, 6) is -0.800. The molecule has 0 aromatic rings. The van der Waals surface area contributed by atoms with E-state index in [1.54, 1.807) is 6.92 Å². The van der Waals surface area contributed by atoms with E-state index in [2.05, 4.69) is 38.2 Å². The van der Waals surface area contributed by atoms with Crippen molar-refractivity contribution in [3.05, 3.63) is 24.3 Å². The van der Waals surface area contributed by atoms with Crippen LogP contribution in [0.25, 0.3) is 0 Å². The van der Waals surface area contributed by atoms with Crippen LogP contribution in [-0.2, 0) is 32.7 Å². The number of phosphoric acid groups is 1. The second kappa shape index (κ2) is 36.3. The normalized spacial score (nSPS) is 13.6. The number of phosphoric ester groups is 1. The van der Waals surface area contributed by atoms with Gasteiger partial charge in [0, 0.05) is 12.8 Å². The number of carbonyl (C=O) groups is 2. The Morgan fingerprint density at radius 3 is 1.49 bits per heavy atom. The zero-order valence-electron chi connectivity index (χ0n) is 31.9. The van der Waals surface area contributed by atoms with Gasteiger partial charge in [-0.25, -0.2) is 4.57 Å². The lowest BCUT2D eigenvalue weighted by Gasteiger charge is -2.19. The molecule has 8 nitrogen and oxygen atoms in total. The minimum absolute atomic E-state index is 0.00124. The van der Waals surface area contributed by atoms with Crippen molar-refractivity contribution in [3.8, 4) is 0 Å². The molecule has 0 aromatic carbocycles. The summed E-state index contributed by atoms with van der Waals surface area (Å²) in [7, 11) is -4.27. The van der Waals surface area contributed by atoms with E-state index in [0.717, 1.165) is 44.9 Å². The molecule has 2 atom stereocenters. The maximum absolute atomic E-state index is 12.5. The molecule has 0 aliphatic carbocycles. The highest BCUT2D eigenvalue weighted by Crippen LogP contribution is 2.43. The van der Waals surface area contributed by atoms with E-state index < -0.39 is 26.5 Å². The van der Waals surface area contributed by atoms with Crippen LogP contribution in [0.2, 0.25) is 0 Å². The summed E-state index contributed by atoms with van der Waals surface area (Å²) >= 11 is 0. The van der Waals surface area contributed by atoms with Crippen LogP contribution in [0.15, 0.2) is 24.3 Å². The van der Waals surface area contributed by atoms with Gasteiger partial charge >= 0.3 is 19.8 Å². The number of allylic oxidation sites excluding steroid dienone is 4. The Bertz CT molecular complexity index is 859. The van der Waals surface area contributed by atoms with Gasteiger partial charge in [0.15, 0.2) is 6.10 Å². The number of esters is 2. The summed E-state index contributed by atoms with van der Waals surface area (Å²) in [6, 6.07) is 0. The van der Waals surface area contributed by atoms with Crippen LogP contribution in [0.5, 0.6) is 0 Å². The number of unbranched alkanes of at least 4 members (excludes halogenated alkanes) is 21. The van der Waals surface area contributed by atoms with E-state index in [4.69, 9.17) is 18.5 Å². The number of hydrogen-bond acceptors (Lipinski definition) is 7. The van der Waals surface area contributed by atoms with E-state index in [9.17, 15) is 19.0 Å². The molecule has 0 amide bonds. The van der Waals surface area contributed by atoms with E-state index in [1.807, 2.05) is 0 Å². The summed E-state index contributed by atoms with van der Waals surface area (Å²) in [6.45, 7) is 5.43. The van der Waals surface area contributed by atoms with E-state index >= 15 is 0 Å². The molecule has 0 rings (SSSR count). The van der Waals surface area contributed by atoms with Gasteiger partial charge in [0.25, 0.3) is 0 Å². The Balaban J connectivity index is 4.07. The molecule has 0 aliphatic rings. The van der Waals surface area contributed by atoms with E-state index in [1.165, 1.54) is 109 Å². The first-order chi connectivity index (χ1) is 23.8. The van der Waals surface area contributed by atoms with Crippen molar-refractivity contribution in [2.45, 2.75) is 200 Å². The number of ether oxygens (including phenoxy) is 2. The zero-order valence-corrected chi connectivity index (χ0v) is 32.7. The van der Waals surface area contributed by atoms with Crippen LogP contribution < -0.4 is 0 Å². The van der Waals surface area contributed by atoms with E-state index in [0.29, 0.717) is 12.8 Å². The first kappa shape index (κ1) is 47.5. The Morgan fingerprint density at radius 1 is 0.551 bits per heavy atom. The summed E-state index contributed by atoms with van der Waals surface area (Å²) in [4.78, 5) is 34.6. The molecule has 0 aromatic heterocycles. The Hall–Kier alpha value is -1.47. The summed E-state index contributed by atoms with van der Waals surface area (Å²) < 4.78 is 32.5. The molecule has 49 heavy (non-hydrogen) atoms. The smallest absolute Gasteiger partial charge is 0.462 e. The SMILES string of the molecule is CCCCC/C=C\C/C=C\CCCCCCCCCCCC(=O)OC(COC(=O)CCCCCCCCCCCC)COP(=O)(O)OCC. The van der Waals surface area contributed by atoms with Gasteiger partial charge in [0.1, 0.15) is 6.61 Å². The third-order valence-corrected chi connectivity index (χ3v) is 9.57. The predicted octanol–water partition coefficient (Wildman–Crippen LogP) is 12.3. The predicted molar refractivity (Wildman–Crippen MR) is 203 cm³/mol. The molecule has 0 heterocycles. The van der Waals surface area contributed by atoms with Crippen LogP contribution in [0.4, 0.5) is 0 Å².